The summed E-state index contributed by atoms with van der Waals surface area (Å²) >= 11 is 0. The van der Waals surface area contributed by atoms with Gasteiger partial charge in [0, 0.05) is 13.1 Å². The Morgan fingerprint density at radius 3 is 3.08 bits per heavy atom. The summed E-state index contributed by atoms with van der Waals surface area (Å²) in [4.78, 5) is 13.6. The smallest absolute Gasteiger partial charge is 0.224 e. The van der Waals surface area contributed by atoms with Gasteiger partial charge in [0.15, 0.2) is 0 Å². The first kappa shape index (κ1) is 10.0. The van der Waals surface area contributed by atoms with E-state index in [1.807, 2.05) is 13.1 Å². The minimum atomic E-state index is 0.0969. The topological polar surface area (TPSA) is 56.1 Å². The van der Waals surface area contributed by atoms with E-state index < -0.39 is 0 Å². The number of carbonyl (C=O) groups excluding carboxylic acids is 1. The molecule has 1 rings (SSSR count). The van der Waals surface area contributed by atoms with E-state index in [1.165, 1.54) is 0 Å². The van der Waals surface area contributed by atoms with E-state index >= 15 is 0 Å². The summed E-state index contributed by atoms with van der Waals surface area (Å²) in [5.74, 6) is 0.225. The van der Waals surface area contributed by atoms with Gasteiger partial charge in [-0.05, 0) is 20.0 Å². The van der Waals surface area contributed by atoms with Crippen molar-refractivity contribution in [3.63, 3.8) is 0 Å². The third-order valence-electron chi connectivity index (χ3n) is 2.30. The maximum atomic E-state index is 11.4. The molecule has 4 heteroatoms. The number of hydrogen-bond acceptors (Lipinski definition) is 3. The van der Waals surface area contributed by atoms with E-state index in [0.29, 0.717) is 13.0 Å². The second kappa shape index (κ2) is 4.83. The molecule has 0 aromatic heterocycles. The largest absolute Gasteiger partial charge is 0.355 e. The lowest BCUT2D eigenvalue weighted by Crippen LogP contribution is -2.32. The molecule has 0 aromatic carbocycles. The lowest BCUT2D eigenvalue weighted by Gasteiger charge is -2.09. The highest BCUT2D eigenvalue weighted by molar-refractivity contribution is 5.79. The number of hydrogen-bond donors (Lipinski definition) is 1. The van der Waals surface area contributed by atoms with Crippen molar-refractivity contribution in [2.45, 2.75) is 12.8 Å². The Hall–Kier alpha value is -1.08. The number of nitrogens with zero attached hydrogens (tertiary/aromatic N) is 2. The van der Waals surface area contributed by atoms with E-state index in [0.717, 1.165) is 19.5 Å². The Bertz CT molecular complexity index is 221. The van der Waals surface area contributed by atoms with Crippen LogP contribution in [-0.4, -0.2) is 37.5 Å². The molecule has 1 fully saturated rings. The molecule has 72 valence electrons. The molecule has 0 radical (unpaired) electrons. The number of rotatable bonds is 3. The Morgan fingerprint density at radius 2 is 2.54 bits per heavy atom. The first-order chi connectivity index (χ1) is 6.24. The van der Waals surface area contributed by atoms with Crippen LogP contribution >= 0.6 is 0 Å². The number of carbonyl (C=O) groups is 1. The van der Waals surface area contributed by atoms with Crippen LogP contribution in [0.25, 0.3) is 0 Å². The molecule has 1 aliphatic heterocycles. The van der Waals surface area contributed by atoms with Gasteiger partial charge in [-0.2, -0.15) is 5.26 Å². The van der Waals surface area contributed by atoms with Crippen LogP contribution in [0.2, 0.25) is 0 Å². The summed E-state index contributed by atoms with van der Waals surface area (Å²) in [5.41, 5.74) is 0. The summed E-state index contributed by atoms with van der Waals surface area (Å²) in [5, 5.41) is 11.0. The van der Waals surface area contributed by atoms with Crippen molar-refractivity contribution < 1.29 is 4.79 Å². The average molecular weight is 181 g/mol. The van der Waals surface area contributed by atoms with Crippen molar-refractivity contribution >= 4 is 5.91 Å². The van der Waals surface area contributed by atoms with Crippen molar-refractivity contribution in [3.05, 3.63) is 0 Å². The Kier molecular flexibility index (Phi) is 3.71. The van der Waals surface area contributed by atoms with Gasteiger partial charge in [-0.3, -0.25) is 4.79 Å². The molecule has 0 spiro atoms. The van der Waals surface area contributed by atoms with Crippen LogP contribution in [0.4, 0.5) is 0 Å². The first-order valence-electron chi connectivity index (χ1n) is 4.57. The minimum absolute atomic E-state index is 0.0969. The average Bonchev–Trinajstić information content (AvgIpc) is 2.52. The van der Waals surface area contributed by atoms with E-state index in [4.69, 9.17) is 5.26 Å². The summed E-state index contributed by atoms with van der Waals surface area (Å²) in [6, 6.07) is 2.00. The van der Waals surface area contributed by atoms with Gasteiger partial charge < -0.3 is 10.2 Å². The number of likely N-dealkylation sites (tertiary alicyclic amines) is 1. The third kappa shape index (κ3) is 3.03. The molecule has 1 unspecified atom stereocenters. The molecule has 1 N–H and O–H groups in total. The Labute approximate surface area is 78.5 Å². The summed E-state index contributed by atoms with van der Waals surface area (Å²) in [6.45, 7) is 2.32. The minimum Gasteiger partial charge on any atom is -0.355 e. The van der Waals surface area contributed by atoms with Crippen LogP contribution in [0.5, 0.6) is 0 Å². The summed E-state index contributed by atoms with van der Waals surface area (Å²) in [6.07, 6.45) is 1.34. The van der Waals surface area contributed by atoms with Gasteiger partial charge >= 0.3 is 0 Å². The molecule has 1 heterocycles. The van der Waals surface area contributed by atoms with Crippen molar-refractivity contribution in [1.82, 2.24) is 10.2 Å². The van der Waals surface area contributed by atoms with Crippen molar-refractivity contribution in [2.24, 2.45) is 5.92 Å². The van der Waals surface area contributed by atoms with Gasteiger partial charge in [0.25, 0.3) is 0 Å². The number of nitriles is 1. The van der Waals surface area contributed by atoms with Crippen LogP contribution in [0.1, 0.15) is 12.8 Å². The quantitative estimate of drug-likeness (QED) is 0.622. The van der Waals surface area contributed by atoms with Crippen LogP contribution < -0.4 is 5.32 Å². The first-order valence-corrected chi connectivity index (χ1v) is 4.57. The molecule has 0 saturated carbocycles. The predicted octanol–water partition coefficient (Wildman–Crippen LogP) is -0.0320. The summed E-state index contributed by atoms with van der Waals surface area (Å²) < 4.78 is 0. The van der Waals surface area contributed by atoms with Crippen LogP contribution in [0, 0.1) is 17.2 Å². The van der Waals surface area contributed by atoms with Gasteiger partial charge in [0.1, 0.15) is 0 Å². The molecule has 0 bridgehead atoms. The second-order valence-corrected chi connectivity index (χ2v) is 3.45. The van der Waals surface area contributed by atoms with Crippen molar-refractivity contribution in [3.8, 4) is 6.07 Å². The zero-order valence-electron chi connectivity index (χ0n) is 7.92. The van der Waals surface area contributed by atoms with E-state index in [-0.39, 0.29) is 11.8 Å². The highest BCUT2D eigenvalue weighted by Crippen LogP contribution is 2.13. The molecule has 13 heavy (non-hydrogen) atoms. The van der Waals surface area contributed by atoms with E-state index in [9.17, 15) is 4.79 Å². The normalized spacial score (nSPS) is 22.6. The Balaban J connectivity index is 2.21. The highest BCUT2D eigenvalue weighted by Gasteiger charge is 2.25. The SMILES string of the molecule is CN1CCC(C(=O)NCCC#N)C1. The standard InChI is InChI=1S/C9H15N3O/c1-12-6-3-8(7-12)9(13)11-5-2-4-10/h8H,2-3,5-7H2,1H3,(H,11,13). The third-order valence-corrected chi connectivity index (χ3v) is 2.30. The van der Waals surface area contributed by atoms with Gasteiger partial charge in [-0.1, -0.05) is 0 Å². The molecule has 1 aliphatic rings. The molecule has 1 saturated heterocycles. The lowest BCUT2D eigenvalue weighted by molar-refractivity contribution is -0.124. The van der Waals surface area contributed by atoms with Crippen LogP contribution in [0.3, 0.4) is 0 Å². The van der Waals surface area contributed by atoms with Gasteiger partial charge in [-0.25, -0.2) is 0 Å². The highest BCUT2D eigenvalue weighted by atomic mass is 16.1. The monoisotopic (exact) mass is 181 g/mol. The van der Waals surface area contributed by atoms with Crippen LogP contribution in [-0.2, 0) is 4.79 Å². The molecule has 0 aliphatic carbocycles. The Morgan fingerprint density at radius 1 is 1.77 bits per heavy atom. The van der Waals surface area contributed by atoms with Crippen molar-refractivity contribution in [1.29, 1.82) is 5.26 Å². The molecule has 0 aromatic rings. The molecule has 4 nitrogen and oxygen atoms in total. The zero-order chi connectivity index (χ0) is 9.68. The van der Waals surface area contributed by atoms with E-state index in [1.54, 1.807) is 0 Å². The number of amides is 1. The fourth-order valence-electron chi connectivity index (χ4n) is 1.53. The predicted molar refractivity (Wildman–Crippen MR) is 48.8 cm³/mol. The maximum Gasteiger partial charge on any atom is 0.224 e. The van der Waals surface area contributed by atoms with Gasteiger partial charge in [-0.15, -0.1) is 0 Å². The molecular weight excluding hydrogens is 166 g/mol. The molecule has 1 atom stereocenters. The fraction of sp³-hybridized carbons (Fsp3) is 0.778. The second-order valence-electron chi connectivity index (χ2n) is 3.45. The van der Waals surface area contributed by atoms with Crippen molar-refractivity contribution in [2.75, 3.05) is 26.7 Å². The number of nitrogens with one attached hydrogen (secondary N) is 1. The van der Waals surface area contributed by atoms with Gasteiger partial charge in [0.05, 0.1) is 18.4 Å². The fourth-order valence-corrected chi connectivity index (χ4v) is 1.53. The van der Waals surface area contributed by atoms with Gasteiger partial charge in [0.2, 0.25) is 5.91 Å². The maximum absolute atomic E-state index is 11.4. The molecule has 1 amide bonds. The van der Waals surface area contributed by atoms with Crippen LogP contribution in [0.15, 0.2) is 0 Å². The van der Waals surface area contributed by atoms with E-state index in [2.05, 4.69) is 10.2 Å². The summed E-state index contributed by atoms with van der Waals surface area (Å²) in [7, 11) is 2.02. The zero-order valence-corrected chi connectivity index (χ0v) is 7.92. The molecular formula is C9H15N3O. The lowest BCUT2D eigenvalue weighted by atomic mass is 10.1.